The van der Waals surface area contributed by atoms with Gasteiger partial charge >= 0.3 is 0 Å². The number of ether oxygens (including phenoxy) is 1. The van der Waals surface area contributed by atoms with E-state index in [-0.39, 0.29) is 0 Å². The van der Waals surface area contributed by atoms with Gasteiger partial charge in [0.15, 0.2) is 4.80 Å². The molecule has 4 nitrogen and oxygen atoms in total. The average Bonchev–Trinajstić information content (AvgIpc) is 3.05. The van der Waals surface area contributed by atoms with Crippen molar-refractivity contribution in [1.82, 2.24) is 4.57 Å². The third-order valence-corrected chi connectivity index (χ3v) is 5.82. The molecule has 1 aromatic carbocycles. The van der Waals surface area contributed by atoms with Gasteiger partial charge in [0.25, 0.3) is 5.91 Å². The molecule has 120 valence electrons. The fourth-order valence-electron chi connectivity index (χ4n) is 2.27. The first-order chi connectivity index (χ1) is 11.0. The molecule has 0 N–H and O–H groups in total. The number of thiophene rings is 1. The highest BCUT2D eigenvalue weighted by molar-refractivity contribution is 7.20. The van der Waals surface area contributed by atoms with E-state index in [4.69, 9.17) is 27.9 Å². The molecule has 0 atom stereocenters. The van der Waals surface area contributed by atoms with Crippen molar-refractivity contribution in [3.05, 3.63) is 43.3 Å². The maximum Gasteiger partial charge on any atom is 0.282 e. The van der Waals surface area contributed by atoms with Crippen LogP contribution in [0.25, 0.3) is 10.2 Å². The van der Waals surface area contributed by atoms with Gasteiger partial charge in [-0.25, -0.2) is 0 Å². The van der Waals surface area contributed by atoms with Crippen molar-refractivity contribution in [3.63, 3.8) is 0 Å². The number of methoxy groups -OCH3 is 1. The highest BCUT2D eigenvalue weighted by Gasteiger charge is 2.15. The van der Waals surface area contributed by atoms with Gasteiger partial charge in [-0.2, -0.15) is 4.99 Å². The van der Waals surface area contributed by atoms with Crippen LogP contribution in [0.2, 0.25) is 8.67 Å². The summed E-state index contributed by atoms with van der Waals surface area (Å²) in [6.45, 7) is 2.67. The van der Waals surface area contributed by atoms with Gasteiger partial charge in [-0.1, -0.05) is 40.6 Å². The first kappa shape index (κ1) is 16.5. The summed E-state index contributed by atoms with van der Waals surface area (Å²) in [5, 5.41) is 0. The maximum atomic E-state index is 12.4. The van der Waals surface area contributed by atoms with Crippen LogP contribution in [-0.2, 0) is 6.54 Å². The fraction of sp³-hybridized carbons (Fsp3) is 0.200. The monoisotopic (exact) mass is 386 g/mol. The summed E-state index contributed by atoms with van der Waals surface area (Å²) >= 11 is 14.5. The molecule has 0 aliphatic rings. The Kier molecular flexibility index (Phi) is 4.77. The quantitative estimate of drug-likeness (QED) is 0.646. The van der Waals surface area contributed by atoms with E-state index in [0.717, 1.165) is 27.3 Å². The molecule has 3 rings (SSSR count). The minimum atomic E-state index is -0.397. The third kappa shape index (κ3) is 3.04. The van der Waals surface area contributed by atoms with Crippen LogP contribution >= 0.6 is 45.9 Å². The molecule has 23 heavy (non-hydrogen) atoms. The van der Waals surface area contributed by atoms with Crippen LogP contribution in [0.5, 0.6) is 5.75 Å². The van der Waals surface area contributed by atoms with E-state index in [0.29, 0.717) is 25.6 Å². The molecule has 2 heterocycles. The van der Waals surface area contributed by atoms with Crippen LogP contribution in [0.4, 0.5) is 0 Å². The largest absolute Gasteiger partial charge is 0.495 e. The summed E-state index contributed by atoms with van der Waals surface area (Å²) in [5.41, 5.74) is 1.26. The second kappa shape index (κ2) is 6.65. The number of benzene rings is 1. The average molecular weight is 387 g/mol. The molecule has 0 aliphatic carbocycles. The van der Waals surface area contributed by atoms with Crippen LogP contribution in [-0.4, -0.2) is 17.6 Å². The van der Waals surface area contributed by atoms with Crippen molar-refractivity contribution in [2.75, 3.05) is 7.11 Å². The number of para-hydroxylation sites is 1. The number of amides is 1. The number of carbonyl (C=O) groups excluding carboxylic acids is 1. The highest BCUT2D eigenvalue weighted by atomic mass is 35.5. The Morgan fingerprint density at radius 3 is 2.74 bits per heavy atom. The number of aryl methyl sites for hydroxylation is 1. The third-order valence-electron chi connectivity index (χ3n) is 3.28. The van der Waals surface area contributed by atoms with Crippen molar-refractivity contribution in [2.24, 2.45) is 4.99 Å². The van der Waals surface area contributed by atoms with Gasteiger partial charge < -0.3 is 9.30 Å². The number of nitrogens with zero attached hydrogens (tertiary/aromatic N) is 2. The molecule has 0 radical (unpaired) electrons. The fourth-order valence-corrected chi connectivity index (χ4v) is 4.83. The highest BCUT2D eigenvalue weighted by Crippen LogP contribution is 2.32. The topological polar surface area (TPSA) is 43.6 Å². The maximum absolute atomic E-state index is 12.4. The molecule has 0 saturated heterocycles. The van der Waals surface area contributed by atoms with Crippen LogP contribution in [0, 0.1) is 0 Å². The van der Waals surface area contributed by atoms with Crippen LogP contribution in [0.3, 0.4) is 0 Å². The molecule has 0 aliphatic heterocycles. The molecule has 2 aromatic heterocycles. The molecule has 0 fully saturated rings. The summed E-state index contributed by atoms with van der Waals surface area (Å²) < 4.78 is 9.20. The van der Waals surface area contributed by atoms with Crippen molar-refractivity contribution in [2.45, 2.75) is 13.5 Å². The number of rotatable bonds is 3. The molecular formula is C15H12Cl2N2O2S2. The Labute approximate surface area is 150 Å². The molecule has 0 spiro atoms. The Balaban J connectivity index is 2.19. The van der Waals surface area contributed by atoms with Crippen LogP contribution in [0.1, 0.15) is 17.3 Å². The van der Waals surface area contributed by atoms with Gasteiger partial charge in [-0.3, -0.25) is 4.79 Å². The molecule has 0 unspecified atom stereocenters. The van der Waals surface area contributed by atoms with E-state index in [1.54, 1.807) is 13.2 Å². The first-order valence-electron chi connectivity index (χ1n) is 6.75. The SMILES string of the molecule is CCn1c(=NC(=O)c2cc(Cl)sc2Cl)sc2cccc(OC)c21. The lowest BCUT2D eigenvalue weighted by molar-refractivity contribution is 0.0998. The summed E-state index contributed by atoms with van der Waals surface area (Å²) in [5.74, 6) is 0.358. The molecular weight excluding hydrogens is 375 g/mol. The predicted octanol–water partition coefficient (Wildman–Crippen LogP) is 4.84. The van der Waals surface area contributed by atoms with E-state index in [1.165, 1.54) is 11.3 Å². The molecule has 0 saturated carbocycles. The van der Waals surface area contributed by atoms with Gasteiger partial charge in [0.2, 0.25) is 0 Å². The van der Waals surface area contributed by atoms with E-state index >= 15 is 0 Å². The van der Waals surface area contributed by atoms with Crippen molar-refractivity contribution < 1.29 is 9.53 Å². The standard InChI is InChI=1S/C15H12Cl2N2O2S2/c1-3-19-12-9(21-2)5-4-6-10(12)22-15(19)18-14(20)8-7-11(16)23-13(8)17/h4-7H,3H2,1-2H3. The van der Waals surface area contributed by atoms with Crippen molar-refractivity contribution >= 4 is 62.0 Å². The lowest BCUT2D eigenvalue weighted by atomic mass is 10.3. The number of thiazole rings is 1. The normalized spacial score (nSPS) is 12.1. The summed E-state index contributed by atoms with van der Waals surface area (Å²) in [6.07, 6.45) is 0. The van der Waals surface area contributed by atoms with Gasteiger partial charge in [0, 0.05) is 6.54 Å². The second-order valence-corrected chi connectivity index (χ2v) is 7.89. The van der Waals surface area contributed by atoms with E-state index in [1.807, 2.05) is 29.7 Å². The summed E-state index contributed by atoms with van der Waals surface area (Å²) in [6, 6.07) is 7.33. The molecule has 3 aromatic rings. The van der Waals surface area contributed by atoms with Gasteiger partial charge in [0.05, 0.1) is 21.7 Å². The Morgan fingerprint density at radius 2 is 2.13 bits per heavy atom. The number of carbonyl (C=O) groups is 1. The van der Waals surface area contributed by atoms with Crippen LogP contribution < -0.4 is 9.54 Å². The zero-order valence-corrected chi connectivity index (χ0v) is 15.4. The smallest absolute Gasteiger partial charge is 0.282 e. The minimum absolute atomic E-state index is 0.328. The van der Waals surface area contributed by atoms with Crippen molar-refractivity contribution in [3.8, 4) is 5.75 Å². The number of hydrogen-bond acceptors (Lipinski definition) is 4. The van der Waals surface area contributed by atoms with Crippen LogP contribution in [0.15, 0.2) is 29.3 Å². The molecule has 0 bridgehead atoms. The number of aromatic nitrogens is 1. The van der Waals surface area contributed by atoms with Gasteiger partial charge in [-0.05, 0) is 25.1 Å². The first-order valence-corrected chi connectivity index (χ1v) is 9.14. The summed E-state index contributed by atoms with van der Waals surface area (Å²) in [7, 11) is 1.63. The van der Waals surface area contributed by atoms with Crippen molar-refractivity contribution in [1.29, 1.82) is 0 Å². The van der Waals surface area contributed by atoms with E-state index in [2.05, 4.69) is 4.99 Å². The Morgan fingerprint density at radius 1 is 1.35 bits per heavy atom. The zero-order valence-electron chi connectivity index (χ0n) is 12.3. The second-order valence-electron chi connectivity index (χ2n) is 4.59. The Bertz CT molecular complexity index is 956. The zero-order chi connectivity index (χ0) is 16.6. The Hall–Kier alpha value is -1.34. The molecule has 1 amide bonds. The predicted molar refractivity (Wildman–Crippen MR) is 96.3 cm³/mol. The van der Waals surface area contributed by atoms with Gasteiger partial charge in [0.1, 0.15) is 15.6 Å². The number of fused-ring (bicyclic) bond motifs is 1. The van der Waals surface area contributed by atoms with E-state index < -0.39 is 5.91 Å². The van der Waals surface area contributed by atoms with E-state index in [9.17, 15) is 4.79 Å². The lowest BCUT2D eigenvalue weighted by Crippen LogP contribution is -2.16. The number of hydrogen-bond donors (Lipinski definition) is 0. The summed E-state index contributed by atoms with van der Waals surface area (Å²) in [4.78, 5) is 17.3. The number of halogens is 2. The minimum Gasteiger partial charge on any atom is -0.495 e. The van der Waals surface area contributed by atoms with Gasteiger partial charge in [-0.15, -0.1) is 11.3 Å². The lowest BCUT2D eigenvalue weighted by Gasteiger charge is -2.05. The molecule has 8 heteroatoms.